The zero-order valence-corrected chi connectivity index (χ0v) is 12.6. The van der Waals surface area contributed by atoms with Crippen LogP contribution in [0.1, 0.15) is 37.2 Å². The molecule has 1 aliphatic heterocycles. The summed E-state index contributed by atoms with van der Waals surface area (Å²) in [4.78, 5) is 1.86. The second-order valence-corrected chi connectivity index (χ2v) is 6.25. The number of methoxy groups -OCH3 is 1. The molecule has 1 saturated carbocycles. The average Bonchev–Trinajstić information content (AvgIpc) is 3.31. The number of hydrogen-bond acceptors (Lipinski definition) is 3. The maximum Gasteiger partial charge on any atom is 0.393 e. The maximum atomic E-state index is 13.0. The molecule has 22 heavy (non-hydrogen) atoms. The molecular formula is C16H21F3N2O. The van der Waals surface area contributed by atoms with Gasteiger partial charge in [-0.15, -0.1) is 0 Å². The monoisotopic (exact) mass is 314 g/mol. The maximum absolute atomic E-state index is 13.0. The Hall–Kier alpha value is -1.59. The topological polar surface area (TPSA) is 38.5 Å². The van der Waals surface area contributed by atoms with Crippen LogP contribution in [0.25, 0.3) is 0 Å². The third-order valence-electron chi connectivity index (χ3n) is 4.62. The summed E-state index contributed by atoms with van der Waals surface area (Å²) in [5.74, 6) is -0.292. The van der Waals surface area contributed by atoms with E-state index in [2.05, 4.69) is 0 Å². The molecule has 3 rings (SSSR count). The van der Waals surface area contributed by atoms with Crippen LogP contribution in [-0.2, 0) is 0 Å². The van der Waals surface area contributed by atoms with Crippen molar-refractivity contribution in [3.8, 4) is 5.75 Å². The van der Waals surface area contributed by atoms with E-state index < -0.39 is 12.1 Å². The molecule has 0 spiro atoms. The molecule has 3 nitrogen and oxygen atoms in total. The molecule has 1 heterocycles. The summed E-state index contributed by atoms with van der Waals surface area (Å²) < 4.78 is 44.4. The van der Waals surface area contributed by atoms with E-state index in [-0.39, 0.29) is 13.0 Å². The van der Waals surface area contributed by atoms with Crippen LogP contribution in [0.3, 0.4) is 0 Å². The van der Waals surface area contributed by atoms with Gasteiger partial charge < -0.3 is 15.4 Å². The molecule has 2 fully saturated rings. The number of benzene rings is 1. The Labute approximate surface area is 128 Å². The minimum absolute atomic E-state index is 0.0241. The lowest BCUT2D eigenvalue weighted by atomic mass is 9.95. The van der Waals surface area contributed by atoms with Gasteiger partial charge in [-0.25, -0.2) is 0 Å². The number of hydrogen-bond donors (Lipinski definition) is 1. The normalized spacial score (nSPS) is 22.7. The molecule has 0 radical (unpaired) electrons. The molecule has 0 amide bonds. The minimum atomic E-state index is -4.13. The van der Waals surface area contributed by atoms with Crippen molar-refractivity contribution in [1.29, 1.82) is 0 Å². The molecule has 1 unspecified atom stereocenters. The highest BCUT2D eigenvalue weighted by molar-refractivity contribution is 5.68. The van der Waals surface area contributed by atoms with E-state index in [1.165, 1.54) is 7.11 Å². The number of nitrogens with two attached hydrogens (primary N) is 1. The van der Waals surface area contributed by atoms with E-state index in [1.807, 2.05) is 17.0 Å². The lowest BCUT2D eigenvalue weighted by molar-refractivity contribution is -0.176. The summed E-state index contributed by atoms with van der Waals surface area (Å²) in [6, 6.07) is 3.69. The molecule has 1 aliphatic carbocycles. The second-order valence-electron chi connectivity index (χ2n) is 6.25. The van der Waals surface area contributed by atoms with Crippen molar-refractivity contribution in [2.75, 3.05) is 30.8 Å². The van der Waals surface area contributed by atoms with Gasteiger partial charge in [0.25, 0.3) is 0 Å². The number of rotatable bonds is 3. The largest absolute Gasteiger partial charge is 0.495 e. The zero-order valence-electron chi connectivity index (χ0n) is 12.6. The molecule has 1 saturated heterocycles. The molecule has 0 aromatic heterocycles. The third kappa shape index (κ3) is 2.96. The first-order valence-corrected chi connectivity index (χ1v) is 7.69. The van der Waals surface area contributed by atoms with Crippen molar-refractivity contribution in [3.05, 3.63) is 17.7 Å². The zero-order chi connectivity index (χ0) is 15.9. The Kier molecular flexibility index (Phi) is 3.87. The SMILES string of the molecule is COc1cc(N2CCCC(C(F)(F)F)C2)c(C2CC2)cc1N. The van der Waals surface area contributed by atoms with Crippen molar-refractivity contribution >= 4 is 11.4 Å². The van der Waals surface area contributed by atoms with Crippen LogP contribution in [0.4, 0.5) is 24.5 Å². The van der Waals surface area contributed by atoms with Gasteiger partial charge in [0.05, 0.1) is 18.7 Å². The van der Waals surface area contributed by atoms with Gasteiger partial charge in [0.15, 0.2) is 0 Å². The molecule has 122 valence electrons. The van der Waals surface area contributed by atoms with Gasteiger partial charge in [0.2, 0.25) is 0 Å². The van der Waals surface area contributed by atoms with Crippen LogP contribution in [0.5, 0.6) is 5.75 Å². The quantitative estimate of drug-likeness (QED) is 0.859. The summed E-state index contributed by atoms with van der Waals surface area (Å²) in [7, 11) is 1.53. The highest BCUT2D eigenvalue weighted by atomic mass is 19.4. The number of nitrogen functional groups attached to an aromatic ring is 1. The number of ether oxygens (including phenoxy) is 1. The number of alkyl halides is 3. The summed E-state index contributed by atoms with van der Waals surface area (Å²) in [6.07, 6.45) is -1.20. The van der Waals surface area contributed by atoms with E-state index in [1.54, 1.807) is 0 Å². The first-order valence-electron chi connectivity index (χ1n) is 7.69. The fourth-order valence-electron chi connectivity index (χ4n) is 3.24. The Morgan fingerprint density at radius 2 is 1.95 bits per heavy atom. The van der Waals surface area contributed by atoms with Crippen LogP contribution in [0.2, 0.25) is 0 Å². The standard InChI is InChI=1S/C16H21F3N2O/c1-22-15-8-14(12(7-13(15)20)10-4-5-10)21-6-2-3-11(9-21)16(17,18)19/h7-8,10-11H,2-6,9,20H2,1H3. The van der Waals surface area contributed by atoms with E-state index >= 15 is 0 Å². The van der Waals surface area contributed by atoms with Gasteiger partial charge in [-0.2, -0.15) is 13.2 Å². The minimum Gasteiger partial charge on any atom is -0.495 e. The van der Waals surface area contributed by atoms with Crippen molar-refractivity contribution in [1.82, 2.24) is 0 Å². The molecule has 2 aliphatic rings. The highest BCUT2D eigenvalue weighted by Gasteiger charge is 2.42. The number of piperidine rings is 1. The van der Waals surface area contributed by atoms with Gasteiger partial charge in [-0.3, -0.25) is 0 Å². The van der Waals surface area contributed by atoms with Gasteiger partial charge in [0, 0.05) is 24.8 Å². The predicted octanol–water partition coefficient (Wildman–Crippen LogP) is 3.93. The van der Waals surface area contributed by atoms with Gasteiger partial charge in [-0.1, -0.05) is 0 Å². The smallest absolute Gasteiger partial charge is 0.393 e. The van der Waals surface area contributed by atoms with E-state index in [9.17, 15) is 13.2 Å². The fourth-order valence-corrected chi connectivity index (χ4v) is 3.24. The van der Waals surface area contributed by atoms with Crippen LogP contribution in [0, 0.1) is 5.92 Å². The summed E-state index contributed by atoms with van der Waals surface area (Å²) in [6.45, 7) is 0.676. The van der Waals surface area contributed by atoms with Crippen LogP contribution >= 0.6 is 0 Å². The Bertz CT molecular complexity index is 555. The first-order chi connectivity index (χ1) is 10.4. The number of anilines is 2. The molecular weight excluding hydrogens is 293 g/mol. The summed E-state index contributed by atoms with van der Waals surface area (Å²) in [5.41, 5.74) is 8.46. The lowest BCUT2D eigenvalue weighted by Gasteiger charge is -2.36. The Morgan fingerprint density at radius 1 is 1.23 bits per heavy atom. The first kappa shape index (κ1) is 15.3. The van der Waals surface area contributed by atoms with Crippen molar-refractivity contribution in [3.63, 3.8) is 0 Å². The average molecular weight is 314 g/mol. The Morgan fingerprint density at radius 3 is 2.55 bits per heavy atom. The van der Waals surface area contributed by atoms with Crippen LogP contribution in [-0.4, -0.2) is 26.4 Å². The molecule has 1 aromatic carbocycles. The molecule has 6 heteroatoms. The van der Waals surface area contributed by atoms with E-state index in [4.69, 9.17) is 10.5 Å². The summed E-state index contributed by atoms with van der Waals surface area (Å²) in [5, 5.41) is 0. The van der Waals surface area contributed by atoms with E-state index in [0.717, 1.165) is 24.1 Å². The molecule has 1 aromatic rings. The van der Waals surface area contributed by atoms with E-state index in [0.29, 0.717) is 30.3 Å². The third-order valence-corrected chi connectivity index (χ3v) is 4.62. The fraction of sp³-hybridized carbons (Fsp3) is 0.625. The van der Waals surface area contributed by atoms with Crippen molar-refractivity contribution in [2.24, 2.45) is 5.92 Å². The summed E-state index contributed by atoms with van der Waals surface area (Å²) >= 11 is 0. The number of nitrogens with zero attached hydrogens (tertiary/aromatic N) is 1. The second kappa shape index (κ2) is 5.56. The highest BCUT2D eigenvalue weighted by Crippen LogP contribution is 2.48. The lowest BCUT2D eigenvalue weighted by Crippen LogP contribution is -2.42. The van der Waals surface area contributed by atoms with Gasteiger partial charge in [0.1, 0.15) is 5.75 Å². The predicted molar refractivity (Wildman–Crippen MR) is 80.4 cm³/mol. The van der Waals surface area contributed by atoms with Gasteiger partial charge in [-0.05, 0) is 43.2 Å². The van der Waals surface area contributed by atoms with Crippen LogP contribution in [0.15, 0.2) is 12.1 Å². The van der Waals surface area contributed by atoms with Crippen molar-refractivity contribution < 1.29 is 17.9 Å². The molecule has 0 bridgehead atoms. The molecule has 1 atom stereocenters. The Balaban J connectivity index is 1.92. The molecule has 2 N–H and O–H groups in total. The number of halogens is 3. The van der Waals surface area contributed by atoms with Crippen LogP contribution < -0.4 is 15.4 Å². The van der Waals surface area contributed by atoms with Gasteiger partial charge >= 0.3 is 6.18 Å². The van der Waals surface area contributed by atoms with Crippen molar-refractivity contribution in [2.45, 2.75) is 37.8 Å².